The maximum absolute atomic E-state index is 12.0. The van der Waals surface area contributed by atoms with Gasteiger partial charge in [0.25, 0.3) is 0 Å². The van der Waals surface area contributed by atoms with Crippen LogP contribution in [0, 0.1) is 27.7 Å². The number of ether oxygens (including phenoxy) is 1. The van der Waals surface area contributed by atoms with E-state index >= 15 is 0 Å². The van der Waals surface area contributed by atoms with Crippen LogP contribution in [0.1, 0.15) is 37.7 Å². The van der Waals surface area contributed by atoms with Crippen LogP contribution in [0.15, 0.2) is 0 Å². The van der Waals surface area contributed by atoms with E-state index in [1.54, 1.807) is 0 Å². The zero-order valence-electron chi connectivity index (χ0n) is 14.7. The number of rotatable bonds is 4. The molecule has 0 radical (unpaired) electrons. The fourth-order valence-corrected chi connectivity index (χ4v) is 3.74. The highest BCUT2D eigenvalue weighted by Gasteiger charge is 2.21. The number of nitrogens with one attached hydrogen (secondary N) is 2. The molecule has 0 spiro atoms. The molecule has 0 fully saturated rings. The molecule has 0 atom stereocenters. The van der Waals surface area contributed by atoms with Gasteiger partial charge in [-0.15, -0.1) is 11.3 Å². The van der Waals surface area contributed by atoms with Crippen LogP contribution in [-0.2, 0) is 18.3 Å². The third kappa shape index (κ3) is 3.59. The fraction of sp³-hybridized carbons (Fsp3) is 0.438. The molecule has 0 aliphatic rings. The van der Waals surface area contributed by atoms with Crippen molar-refractivity contribution in [2.24, 2.45) is 7.05 Å². The number of hydrogen-bond acceptors (Lipinski definition) is 5. The second kappa shape index (κ2) is 7.31. The van der Waals surface area contributed by atoms with Crippen LogP contribution in [0.4, 0.5) is 5.00 Å². The number of anilines is 1. The van der Waals surface area contributed by atoms with Gasteiger partial charge in [0.2, 0.25) is 0 Å². The molecule has 0 aromatic carbocycles. The summed E-state index contributed by atoms with van der Waals surface area (Å²) in [5.41, 5.74) is 4.64. The van der Waals surface area contributed by atoms with Gasteiger partial charge in [-0.2, -0.15) is 5.10 Å². The molecule has 6 nitrogen and oxygen atoms in total. The molecule has 8 heteroatoms. The molecule has 0 saturated heterocycles. The molecular weight excluding hydrogens is 344 g/mol. The van der Waals surface area contributed by atoms with Crippen LogP contribution in [0.25, 0.3) is 0 Å². The third-order valence-electron chi connectivity index (χ3n) is 4.09. The number of aromatic nitrogens is 2. The third-order valence-corrected chi connectivity index (χ3v) is 5.46. The average molecular weight is 367 g/mol. The first-order valence-corrected chi connectivity index (χ1v) is 8.71. The van der Waals surface area contributed by atoms with Crippen LogP contribution >= 0.6 is 23.6 Å². The van der Waals surface area contributed by atoms with Gasteiger partial charge in [-0.25, -0.2) is 4.79 Å². The molecule has 130 valence electrons. The largest absolute Gasteiger partial charge is 0.465 e. The van der Waals surface area contributed by atoms with E-state index in [9.17, 15) is 4.79 Å². The number of esters is 1. The van der Waals surface area contributed by atoms with E-state index in [0.29, 0.717) is 22.2 Å². The predicted molar refractivity (Wildman–Crippen MR) is 101 cm³/mol. The summed E-state index contributed by atoms with van der Waals surface area (Å²) in [5, 5.41) is 11.8. The summed E-state index contributed by atoms with van der Waals surface area (Å²) in [6, 6.07) is 0. The van der Waals surface area contributed by atoms with E-state index in [0.717, 1.165) is 27.4 Å². The van der Waals surface area contributed by atoms with Gasteiger partial charge < -0.3 is 15.4 Å². The summed E-state index contributed by atoms with van der Waals surface area (Å²) < 4.78 is 6.72. The van der Waals surface area contributed by atoms with Gasteiger partial charge in [-0.3, -0.25) is 4.68 Å². The Labute approximate surface area is 151 Å². The molecular formula is C16H22N4O2S2. The van der Waals surface area contributed by atoms with Gasteiger partial charge in [0, 0.05) is 29.7 Å². The number of aryl methyl sites for hydroxylation is 3. The molecule has 0 aliphatic heterocycles. The summed E-state index contributed by atoms with van der Waals surface area (Å²) in [7, 11) is 3.30. The topological polar surface area (TPSA) is 68.2 Å². The zero-order valence-corrected chi connectivity index (χ0v) is 16.4. The quantitative estimate of drug-likeness (QED) is 0.640. The minimum absolute atomic E-state index is 0.360. The molecule has 2 heterocycles. The van der Waals surface area contributed by atoms with Gasteiger partial charge in [0.05, 0.1) is 18.4 Å². The Balaban J connectivity index is 2.10. The monoisotopic (exact) mass is 366 g/mol. The number of carbonyl (C=O) groups is 1. The number of hydrogen-bond donors (Lipinski definition) is 2. The van der Waals surface area contributed by atoms with Gasteiger partial charge >= 0.3 is 5.97 Å². The first-order valence-electron chi connectivity index (χ1n) is 7.48. The normalized spacial score (nSPS) is 10.6. The fourth-order valence-electron chi connectivity index (χ4n) is 2.45. The van der Waals surface area contributed by atoms with Crippen molar-refractivity contribution < 1.29 is 9.53 Å². The van der Waals surface area contributed by atoms with Crippen molar-refractivity contribution in [3.63, 3.8) is 0 Å². The van der Waals surface area contributed by atoms with Crippen molar-refractivity contribution in [2.45, 2.75) is 34.2 Å². The lowest BCUT2D eigenvalue weighted by Crippen LogP contribution is -2.28. The Morgan fingerprint density at radius 2 is 2.00 bits per heavy atom. The van der Waals surface area contributed by atoms with E-state index in [1.807, 2.05) is 39.4 Å². The maximum Gasteiger partial charge on any atom is 0.341 e. The number of methoxy groups -OCH3 is 1. The predicted octanol–water partition coefficient (Wildman–Crippen LogP) is 2.99. The van der Waals surface area contributed by atoms with Crippen molar-refractivity contribution in [3.05, 3.63) is 33.0 Å². The molecule has 0 amide bonds. The molecule has 0 aliphatic carbocycles. The van der Waals surface area contributed by atoms with Crippen LogP contribution < -0.4 is 10.6 Å². The Morgan fingerprint density at radius 1 is 1.33 bits per heavy atom. The number of carbonyl (C=O) groups excluding carboxylic acids is 1. The lowest BCUT2D eigenvalue weighted by molar-refractivity contribution is 0.0601. The Bertz CT molecular complexity index is 793. The summed E-state index contributed by atoms with van der Waals surface area (Å²) in [6.45, 7) is 8.45. The van der Waals surface area contributed by atoms with Crippen LogP contribution in [0.5, 0.6) is 0 Å². The molecule has 0 bridgehead atoms. The van der Waals surface area contributed by atoms with E-state index in [2.05, 4.69) is 15.7 Å². The number of thiocarbonyl (C=S) groups is 1. The minimum atomic E-state index is -0.360. The molecule has 2 N–H and O–H groups in total. The smallest absolute Gasteiger partial charge is 0.341 e. The van der Waals surface area contributed by atoms with Gasteiger partial charge in [-0.1, -0.05) is 0 Å². The minimum Gasteiger partial charge on any atom is -0.465 e. The summed E-state index contributed by atoms with van der Waals surface area (Å²) >= 11 is 6.86. The van der Waals surface area contributed by atoms with Gasteiger partial charge in [0.1, 0.15) is 5.00 Å². The molecule has 0 unspecified atom stereocenters. The van der Waals surface area contributed by atoms with E-state index in [1.165, 1.54) is 18.4 Å². The first-order chi connectivity index (χ1) is 11.3. The van der Waals surface area contributed by atoms with E-state index in [-0.39, 0.29) is 5.97 Å². The van der Waals surface area contributed by atoms with Crippen molar-refractivity contribution in [3.8, 4) is 0 Å². The second-order valence-corrected chi connectivity index (χ2v) is 7.19. The highest BCUT2D eigenvalue weighted by molar-refractivity contribution is 7.80. The molecule has 2 aromatic heterocycles. The van der Waals surface area contributed by atoms with Crippen molar-refractivity contribution in [1.82, 2.24) is 15.1 Å². The number of nitrogens with zero attached hydrogens (tertiary/aromatic N) is 2. The SMILES string of the molecule is COC(=O)c1c(NC(=S)NCc2c(C)nn(C)c2C)sc(C)c1C. The first kappa shape index (κ1) is 18.4. The lowest BCUT2D eigenvalue weighted by atomic mass is 10.1. The van der Waals surface area contributed by atoms with E-state index < -0.39 is 0 Å². The van der Waals surface area contributed by atoms with Crippen molar-refractivity contribution in [1.29, 1.82) is 0 Å². The Kier molecular flexibility index (Phi) is 5.61. The number of thiophene rings is 1. The summed E-state index contributed by atoms with van der Waals surface area (Å²) in [4.78, 5) is 13.0. The van der Waals surface area contributed by atoms with Gasteiger partial charge in [0.15, 0.2) is 5.11 Å². The molecule has 0 saturated carbocycles. The second-order valence-electron chi connectivity index (χ2n) is 5.56. The lowest BCUT2D eigenvalue weighted by Gasteiger charge is -2.11. The summed E-state index contributed by atoms with van der Waals surface area (Å²) in [6.07, 6.45) is 0. The maximum atomic E-state index is 12.0. The Hall–Kier alpha value is -1.93. The van der Waals surface area contributed by atoms with Crippen LogP contribution in [-0.4, -0.2) is 28.0 Å². The van der Waals surface area contributed by atoms with E-state index in [4.69, 9.17) is 17.0 Å². The molecule has 24 heavy (non-hydrogen) atoms. The highest BCUT2D eigenvalue weighted by Crippen LogP contribution is 2.32. The van der Waals surface area contributed by atoms with Crippen molar-refractivity contribution >= 4 is 39.6 Å². The van der Waals surface area contributed by atoms with Gasteiger partial charge in [-0.05, 0) is 45.5 Å². The average Bonchev–Trinajstić information content (AvgIpc) is 2.93. The zero-order chi connectivity index (χ0) is 18.0. The van der Waals surface area contributed by atoms with Crippen LogP contribution in [0.2, 0.25) is 0 Å². The standard InChI is InChI=1S/C16H22N4O2S2/c1-8-11(4)24-14(13(8)15(21)22-6)18-16(23)17-7-12-9(2)19-20(5)10(12)3/h7H2,1-6H3,(H2,17,18,23). The van der Waals surface area contributed by atoms with Crippen molar-refractivity contribution in [2.75, 3.05) is 12.4 Å². The highest BCUT2D eigenvalue weighted by atomic mass is 32.1. The molecule has 2 rings (SSSR count). The molecule has 2 aromatic rings. The summed E-state index contributed by atoms with van der Waals surface area (Å²) in [5.74, 6) is -0.360. The van der Waals surface area contributed by atoms with Crippen LogP contribution in [0.3, 0.4) is 0 Å². The Morgan fingerprint density at radius 3 is 2.54 bits per heavy atom.